The van der Waals surface area contributed by atoms with Crippen molar-refractivity contribution in [3.63, 3.8) is 0 Å². The predicted octanol–water partition coefficient (Wildman–Crippen LogP) is 3.54. The van der Waals surface area contributed by atoms with Gasteiger partial charge in [-0.05, 0) is 31.2 Å². The highest BCUT2D eigenvalue weighted by atomic mass is 32.2. The second-order valence-electron chi connectivity index (χ2n) is 9.21. The Morgan fingerprint density at radius 2 is 1.79 bits per heavy atom. The zero-order valence-corrected chi connectivity index (χ0v) is 20.4. The largest absolute Gasteiger partial charge is 0.369 e. The molecule has 3 aromatic rings. The molecule has 1 aromatic heterocycles. The Labute approximate surface area is 198 Å². The lowest BCUT2D eigenvalue weighted by Crippen LogP contribution is -2.44. The molecule has 0 unspecified atom stereocenters. The van der Waals surface area contributed by atoms with E-state index in [0.29, 0.717) is 5.69 Å². The van der Waals surface area contributed by atoms with Crippen molar-refractivity contribution in [3.05, 3.63) is 59.8 Å². The summed E-state index contributed by atoms with van der Waals surface area (Å²) in [7, 11) is -1.44. The molecule has 1 aliphatic rings. The van der Waals surface area contributed by atoms with E-state index in [1.807, 2.05) is 24.3 Å². The first kappa shape index (κ1) is 24.3. The minimum Gasteiger partial charge on any atom is -0.369 e. The Morgan fingerprint density at radius 1 is 1.06 bits per heavy atom. The highest BCUT2D eigenvalue weighted by molar-refractivity contribution is 7.90. The maximum absolute atomic E-state index is 15.2. The number of nitrogens with zero attached hydrogens (tertiary/aromatic N) is 5. The first-order valence-electron chi connectivity index (χ1n) is 11.3. The Balaban J connectivity index is 1.62. The molecular formula is C24H29F2N5O2S. The molecule has 2 heterocycles. The minimum absolute atomic E-state index is 0.0731. The molecule has 0 radical (unpaired) electrons. The van der Waals surface area contributed by atoms with Crippen molar-refractivity contribution in [2.24, 2.45) is 5.92 Å². The molecule has 34 heavy (non-hydrogen) atoms. The SMILES string of the molecule is CC(C)CS(=O)(=O)Cc1ccc(F)c(-n2cc(-c3cccc(N4CCN(C)CC4)c3)nn2)c1F. The second-order valence-corrected chi connectivity index (χ2v) is 11.3. The minimum atomic E-state index is -3.54. The molecule has 0 atom stereocenters. The van der Waals surface area contributed by atoms with E-state index < -0.39 is 32.9 Å². The molecule has 10 heteroatoms. The molecule has 1 fully saturated rings. The van der Waals surface area contributed by atoms with Crippen LogP contribution in [0.1, 0.15) is 19.4 Å². The first-order valence-corrected chi connectivity index (χ1v) is 13.1. The summed E-state index contributed by atoms with van der Waals surface area (Å²) in [5, 5.41) is 8.06. The third kappa shape index (κ3) is 5.44. The van der Waals surface area contributed by atoms with Gasteiger partial charge < -0.3 is 9.80 Å². The van der Waals surface area contributed by atoms with Crippen molar-refractivity contribution in [3.8, 4) is 16.9 Å². The zero-order chi connectivity index (χ0) is 24.5. The fraction of sp³-hybridized carbons (Fsp3) is 0.417. The number of rotatable bonds is 7. The quantitative estimate of drug-likeness (QED) is 0.506. The molecule has 1 saturated heterocycles. The summed E-state index contributed by atoms with van der Waals surface area (Å²) in [6.07, 6.45) is 1.46. The Bertz CT molecular complexity index is 1270. The van der Waals surface area contributed by atoms with E-state index >= 15 is 4.39 Å². The van der Waals surface area contributed by atoms with Crippen LogP contribution >= 0.6 is 0 Å². The van der Waals surface area contributed by atoms with Crippen LogP contribution in [-0.2, 0) is 15.6 Å². The molecule has 0 N–H and O–H groups in total. The molecule has 0 bridgehead atoms. The van der Waals surface area contributed by atoms with Crippen molar-refractivity contribution in [1.82, 2.24) is 19.9 Å². The number of anilines is 1. The fourth-order valence-electron chi connectivity index (χ4n) is 4.14. The normalized spacial score (nSPS) is 15.3. The Hall–Kier alpha value is -2.85. The van der Waals surface area contributed by atoms with Crippen molar-refractivity contribution >= 4 is 15.5 Å². The third-order valence-corrected chi connectivity index (χ3v) is 7.77. The van der Waals surface area contributed by atoms with E-state index in [1.54, 1.807) is 13.8 Å². The van der Waals surface area contributed by atoms with Gasteiger partial charge in [0.1, 0.15) is 11.4 Å². The molecule has 4 rings (SSSR count). The highest BCUT2D eigenvalue weighted by Crippen LogP contribution is 2.27. The summed E-state index contributed by atoms with van der Waals surface area (Å²) in [6.45, 7) is 7.33. The van der Waals surface area contributed by atoms with Crippen LogP contribution in [0.15, 0.2) is 42.6 Å². The number of sulfone groups is 1. The highest BCUT2D eigenvalue weighted by Gasteiger charge is 2.22. The van der Waals surface area contributed by atoms with Gasteiger partial charge in [0.05, 0.1) is 17.7 Å². The van der Waals surface area contributed by atoms with E-state index in [1.165, 1.54) is 12.3 Å². The number of benzene rings is 2. The first-order chi connectivity index (χ1) is 16.1. The van der Waals surface area contributed by atoms with Crippen LogP contribution in [0.2, 0.25) is 0 Å². The summed E-state index contributed by atoms with van der Waals surface area (Å²) in [6, 6.07) is 10.0. The lowest BCUT2D eigenvalue weighted by atomic mass is 10.1. The molecule has 0 amide bonds. The summed E-state index contributed by atoms with van der Waals surface area (Å²) in [5.41, 5.74) is 1.76. The average Bonchev–Trinajstić information content (AvgIpc) is 3.25. The van der Waals surface area contributed by atoms with Crippen LogP contribution in [0.3, 0.4) is 0 Å². The Kier molecular flexibility index (Phi) is 6.99. The van der Waals surface area contributed by atoms with Gasteiger partial charge in [0, 0.05) is 43.0 Å². The molecular weight excluding hydrogens is 460 g/mol. The maximum atomic E-state index is 15.2. The van der Waals surface area contributed by atoms with Crippen LogP contribution in [-0.4, -0.2) is 67.3 Å². The number of aromatic nitrogens is 3. The van der Waals surface area contributed by atoms with E-state index in [2.05, 4.69) is 27.2 Å². The van der Waals surface area contributed by atoms with Gasteiger partial charge >= 0.3 is 0 Å². The molecule has 1 aliphatic heterocycles. The van der Waals surface area contributed by atoms with Crippen molar-refractivity contribution in [2.75, 3.05) is 43.9 Å². The standard InChI is InChI=1S/C24H29F2N5O2S/c1-17(2)15-34(32,33)16-19-7-8-21(25)24(23(19)26)31-14-22(27-28-31)18-5-4-6-20(13-18)30-11-9-29(3)10-12-30/h4-8,13-14,17H,9-12,15-16H2,1-3H3. The van der Waals surface area contributed by atoms with Gasteiger partial charge in [-0.15, -0.1) is 5.10 Å². The van der Waals surface area contributed by atoms with E-state index in [4.69, 9.17) is 0 Å². The summed E-state index contributed by atoms with van der Waals surface area (Å²) in [5.74, 6) is -2.46. The fourth-order valence-corrected chi connectivity index (χ4v) is 5.97. The van der Waals surface area contributed by atoms with Gasteiger partial charge in [0.25, 0.3) is 0 Å². The summed E-state index contributed by atoms with van der Waals surface area (Å²) < 4.78 is 55.6. The molecule has 2 aromatic carbocycles. The second kappa shape index (κ2) is 9.79. The van der Waals surface area contributed by atoms with Gasteiger partial charge in [-0.1, -0.05) is 37.3 Å². The van der Waals surface area contributed by atoms with Crippen molar-refractivity contribution in [2.45, 2.75) is 19.6 Å². The maximum Gasteiger partial charge on any atom is 0.156 e. The van der Waals surface area contributed by atoms with Gasteiger partial charge in [-0.25, -0.2) is 21.9 Å². The van der Waals surface area contributed by atoms with Crippen LogP contribution in [0.5, 0.6) is 0 Å². The zero-order valence-electron chi connectivity index (χ0n) is 19.6. The topological polar surface area (TPSA) is 71.3 Å². The number of piperazine rings is 1. The predicted molar refractivity (Wildman–Crippen MR) is 129 cm³/mol. The van der Waals surface area contributed by atoms with Crippen LogP contribution in [0.4, 0.5) is 14.5 Å². The lowest BCUT2D eigenvalue weighted by molar-refractivity contribution is 0.313. The van der Waals surface area contributed by atoms with Gasteiger partial charge in [0.15, 0.2) is 21.5 Å². The van der Waals surface area contributed by atoms with Gasteiger partial charge in [-0.3, -0.25) is 0 Å². The summed E-state index contributed by atoms with van der Waals surface area (Å²) in [4.78, 5) is 4.56. The molecule has 182 valence electrons. The van der Waals surface area contributed by atoms with E-state index in [-0.39, 0.29) is 17.2 Å². The number of likely N-dealkylation sites (N-methyl/N-ethyl adjacent to an activating group) is 1. The van der Waals surface area contributed by atoms with E-state index in [0.717, 1.165) is 48.2 Å². The molecule has 0 aliphatic carbocycles. The number of halogens is 2. The van der Waals surface area contributed by atoms with Gasteiger partial charge in [0.2, 0.25) is 0 Å². The van der Waals surface area contributed by atoms with Gasteiger partial charge in [-0.2, -0.15) is 0 Å². The van der Waals surface area contributed by atoms with Crippen molar-refractivity contribution < 1.29 is 17.2 Å². The Morgan fingerprint density at radius 3 is 2.50 bits per heavy atom. The number of hydrogen-bond acceptors (Lipinski definition) is 6. The third-order valence-electron chi connectivity index (χ3n) is 5.84. The van der Waals surface area contributed by atoms with Crippen LogP contribution in [0, 0.1) is 17.6 Å². The smallest absolute Gasteiger partial charge is 0.156 e. The average molecular weight is 490 g/mol. The van der Waals surface area contributed by atoms with Crippen molar-refractivity contribution in [1.29, 1.82) is 0 Å². The molecule has 7 nitrogen and oxygen atoms in total. The van der Waals surface area contributed by atoms with E-state index in [9.17, 15) is 12.8 Å². The molecule has 0 saturated carbocycles. The van der Waals surface area contributed by atoms with Crippen LogP contribution < -0.4 is 4.90 Å². The lowest BCUT2D eigenvalue weighted by Gasteiger charge is -2.34. The monoisotopic (exact) mass is 489 g/mol. The molecule has 0 spiro atoms. The summed E-state index contributed by atoms with van der Waals surface area (Å²) >= 11 is 0. The number of hydrogen-bond donors (Lipinski definition) is 0. The van der Waals surface area contributed by atoms with Crippen LogP contribution in [0.25, 0.3) is 16.9 Å².